The molecule has 1 aliphatic rings. The highest BCUT2D eigenvalue weighted by Crippen LogP contribution is 2.01. The van der Waals surface area contributed by atoms with E-state index >= 15 is 0 Å². The van der Waals surface area contributed by atoms with Crippen LogP contribution in [0.5, 0.6) is 0 Å². The summed E-state index contributed by atoms with van der Waals surface area (Å²) in [6, 6.07) is 0. The average molecular weight is 114 g/mol. The first-order chi connectivity index (χ1) is 3.79. The summed E-state index contributed by atoms with van der Waals surface area (Å²) in [5.74, 6) is -0.132. The Bertz CT molecular complexity index is 137. The van der Waals surface area contributed by atoms with Crippen molar-refractivity contribution in [3.63, 3.8) is 0 Å². The molecule has 1 rings (SSSR count). The van der Waals surface area contributed by atoms with E-state index in [1.54, 1.807) is 0 Å². The quantitative estimate of drug-likeness (QED) is 0.463. The number of cyclic esters (lactones) is 1. The number of hydrogen-bond donors (Lipinski definition) is 1. The second-order valence-electron chi connectivity index (χ2n) is 1.56. The van der Waals surface area contributed by atoms with E-state index in [2.05, 4.69) is 4.74 Å². The number of esters is 1. The Morgan fingerprint density at radius 2 is 2.50 bits per heavy atom. The third-order valence-corrected chi connectivity index (χ3v) is 0.885. The number of aliphatic hydroxyl groups is 1. The van der Waals surface area contributed by atoms with E-state index in [4.69, 9.17) is 5.11 Å². The van der Waals surface area contributed by atoms with Gasteiger partial charge in [0.05, 0.1) is 6.42 Å². The van der Waals surface area contributed by atoms with Crippen molar-refractivity contribution >= 4 is 5.97 Å². The zero-order chi connectivity index (χ0) is 5.98. The highest BCUT2D eigenvalue weighted by Gasteiger charge is 2.07. The predicted octanol–water partition coefficient (Wildman–Crippen LogP) is 0.375. The van der Waals surface area contributed by atoms with Crippen LogP contribution in [-0.2, 0) is 9.53 Å². The third-order valence-electron chi connectivity index (χ3n) is 0.885. The number of hydrogen-bond acceptors (Lipinski definition) is 3. The minimum atomic E-state index is -0.275. The van der Waals surface area contributed by atoms with Gasteiger partial charge >= 0.3 is 5.97 Å². The molecule has 0 saturated carbocycles. The topological polar surface area (TPSA) is 46.5 Å². The van der Waals surface area contributed by atoms with E-state index in [0.29, 0.717) is 0 Å². The fraction of sp³-hybridized carbons (Fsp3) is 0.400. The monoisotopic (exact) mass is 114 g/mol. The summed E-state index contributed by atoms with van der Waals surface area (Å²) < 4.78 is 4.43. The lowest BCUT2D eigenvalue weighted by Gasteiger charge is -2.06. The van der Waals surface area contributed by atoms with Gasteiger partial charge < -0.3 is 9.84 Å². The van der Waals surface area contributed by atoms with Crippen LogP contribution in [0.2, 0.25) is 0 Å². The molecule has 1 N–H and O–H groups in total. The predicted molar refractivity (Wildman–Crippen MR) is 26.3 cm³/mol. The van der Waals surface area contributed by atoms with Crippen molar-refractivity contribution in [1.29, 1.82) is 0 Å². The van der Waals surface area contributed by atoms with Crippen LogP contribution in [-0.4, -0.2) is 17.7 Å². The zero-order valence-electron chi connectivity index (χ0n) is 4.26. The van der Waals surface area contributed by atoms with E-state index in [-0.39, 0.29) is 24.8 Å². The smallest absolute Gasteiger partial charge is 0.310 e. The molecule has 0 atom stereocenters. The van der Waals surface area contributed by atoms with Gasteiger partial charge in [0.2, 0.25) is 0 Å². The maximum atomic E-state index is 10.2. The highest BCUT2D eigenvalue weighted by atomic mass is 16.5. The molecule has 0 saturated heterocycles. The van der Waals surface area contributed by atoms with Crippen LogP contribution < -0.4 is 0 Å². The molecule has 0 bridgehead atoms. The van der Waals surface area contributed by atoms with Gasteiger partial charge in [-0.25, -0.2) is 0 Å². The van der Waals surface area contributed by atoms with Crippen LogP contribution in [0.1, 0.15) is 6.42 Å². The number of rotatable bonds is 0. The van der Waals surface area contributed by atoms with Crippen molar-refractivity contribution in [3.8, 4) is 0 Å². The zero-order valence-corrected chi connectivity index (χ0v) is 4.26. The summed E-state index contributed by atoms with van der Waals surface area (Å²) >= 11 is 0. The van der Waals surface area contributed by atoms with Crippen LogP contribution in [0.25, 0.3) is 0 Å². The van der Waals surface area contributed by atoms with E-state index in [1.165, 1.54) is 6.08 Å². The van der Waals surface area contributed by atoms with Crippen molar-refractivity contribution in [2.75, 3.05) is 6.61 Å². The second-order valence-corrected chi connectivity index (χ2v) is 1.56. The van der Waals surface area contributed by atoms with Gasteiger partial charge in [-0.15, -0.1) is 0 Å². The van der Waals surface area contributed by atoms with Crippen LogP contribution in [0.4, 0.5) is 0 Å². The average Bonchev–Trinajstić information content (AvgIpc) is 1.77. The molecular weight excluding hydrogens is 108 g/mol. The third kappa shape index (κ3) is 0.992. The molecule has 0 aromatic rings. The Kier molecular flexibility index (Phi) is 1.20. The largest absolute Gasteiger partial charge is 0.509 e. The lowest BCUT2D eigenvalue weighted by molar-refractivity contribution is -0.143. The van der Waals surface area contributed by atoms with Gasteiger partial charge in [0.25, 0.3) is 0 Å². The molecule has 3 nitrogen and oxygen atoms in total. The van der Waals surface area contributed by atoms with E-state index < -0.39 is 0 Å². The van der Waals surface area contributed by atoms with Gasteiger partial charge in [0, 0.05) is 0 Å². The van der Waals surface area contributed by atoms with Crippen molar-refractivity contribution in [2.24, 2.45) is 0 Å². The second kappa shape index (κ2) is 1.86. The van der Waals surface area contributed by atoms with Crippen molar-refractivity contribution in [2.45, 2.75) is 6.42 Å². The fourth-order valence-electron chi connectivity index (χ4n) is 0.473. The summed E-state index contributed by atoms with van der Waals surface area (Å²) in [6.45, 7) is 0.0405. The summed E-state index contributed by atoms with van der Waals surface area (Å²) in [6.07, 6.45) is 1.65. The summed E-state index contributed by atoms with van der Waals surface area (Å²) in [7, 11) is 0. The molecule has 1 aliphatic heterocycles. The standard InChI is InChI=1S/C5H6O3/c6-4-1-2-5(7)8-3-4/h1,6H,2-3H2. The number of aliphatic hydroxyl groups excluding tert-OH is 1. The SMILES string of the molecule is O=C1CC=C(O)CO1. The first-order valence-electron chi connectivity index (χ1n) is 2.32. The molecule has 0 aromatic carbocycles. The molecule has 44 valence electrons. The Hall–Kier alpha value is -0.990. The lowest BCUT2D eigenvalue weighted by Crippen LogP contribution is -2.11. The Labute approximate surface area is 46.6 Å². The number of carbonyl (C=O) groups is 1. The van der Waals surface area contributed by atoms with Crippen LogP contribution in [0, 0.1) is 0 Å². The number of carbonyl (C=O) groups excluding carboxylic acids is 1. The minimum absolute atomic E-state index is 0.0405. The van der Waals surface area contributed by atoms with Crippen LogP contribution in [0.15, 0.2) is 11.8 Å². The number of ether oxygens (including phenoxy) is 1. The molecule has 0 fully saturated rings. The van der Waals surface area contributed by atoms with Gasteiger partial charge in [-0.3, -0.25) is 4.79 Å². The van der Waals surface area contributed by atoms with E-state index in [0.717, 1.165) is 0 Å². The molecule has 0 aliphatic carbocycles. The van der Waals surface area contributed by atoms with Crippen LogP contribution in [0.3, 0.4) is 0 Å². The molecule has 0 radical (unpaired) electrons. The van der Waals surface area contributed by atoms with Gasteiger partial charge in [0.1, 0.15) is 12.4 Å². The normalized spacial score (nSPS) is 19.5. The Balaban J connectivity index is 2.55. The maximum absolute atomic E-state index is 10.2. The Morgan fingerprint density at radius 3 is 2.88 bits per heavy atom. The van der Waals surface area contributed by atoms with Crippen LogP contribution >= 0.6 is 0 Å². The minimum Gasteiger partial charge on any atom is -0.509 e. The van der Waals surface area contributed by atoms with Gasteiger partial charge in [-0.05, 0) is 6.08 Å². The molecule has 1 heterocycles. The molecule has 8 heavy (non-hydrogen) atoms. The van der Waals surface area contributed by atoms with Gasteiger partial charge in [0.15, 0.2) is 0 Å². The molecule has 0 spiro atoms. The van der Waals surface area contributed by atoms with Crippen molar-refractivity contribution < 1.29 is 14.6 Å². The van der Waals surface area contributed by atoms with E-state index in [1.807, 2.05) is 0 Å². The summed E-state index contributed by atoms with van der Waals surface area (Å²) in [4.78, 5) is 10.2. The molecule has 3 heteroatoms. The van der Waals surface area contributed by atoms with Gasteiger partial charge in [-0.1, -0.05) is 0 Å². The van der Waals surface area contributed by atoms with Crippen molar-refractivity contribution in [1.82, 2.24) is 0 Å². The molecule has 0 aromatic heterocycles. The molecule has 0 unspecified atom stereocenters. The fourth-order valence-corrected chi connectivity index (χ4v) is 0.473. The van der Waals surface area contributed by atoms with E-state index in [9.17, 15) is 4.79 Å². The summed E-state index contributed by atoms with van der Waals surface area (Å²) in [5, 5.41) is 8.61. The molecular formula is C5H6O3. The summed E-state index contributed by atoms with van der Waals surface area (Å²) in [5.41, 5.74) is 0. The highest BCUT2D eigenvalue weighted by molar-refractivity contribution is 5.72. The first-order valence-corrected chi connectivity index (χ1v) is 2.32. The first kappa shape index (κ1) is 5.15. The molecule has 0 amide bonds. The van der Waals surface area contributed by atoms with Crippen molar-refractivity contribution in [3.05, 3.63) is 11.8 Å². The van der Waals surface area contributed by atoms with Gasteiger partial charge in [-0.2, -0.15) is 0 Å². The maximum Gasteiger partial charge on any atom is 0.310 e. The Morgan fingerprint density at radius 1 is 1.75 bits per heavy atom. The lowest BCUT2D eigenvalue weighted by atomic mass is 10.3.